The topological polar surface area (TPSA) is 98.3 Å². The predicted octanol–water partition coefficient (Wildman–Crippen LogP) is 0.934. The fraction of sp³-hybridized carbons (Fsp3) is 0.500. The van der Waals surface area contributed by atoms with Crippen molar-refractivity contribution >= 4 is 17.6 Å². The molecule has 0 radical (unpaired) electrons. The number of likely N-dealkylation sites (tertiary alicyclic amines) is 1. The van der Waals surface area contributed by atoms with Gasteiger partial charge in [-0.3, -0.25) is 14.7 Å². The second-order valence-electron chi connectivity index (χ2n) is 7.81. The lowest BCUT2D eigenvalue weighted by Crippen LogP contribution is -3.00. The number of halogens is 1. The summed E-state index contributed by atoms with van der Waals surface area (Å²) < 4.78 is 0. The van der Waals surface area contributed by atoms with Crippen LogP contribution in [0.2, 0.25) is 0 Å². The van der Waals surface area contributed by atoms with E-state index < -0.39 is 0 Å². The molecule has 3 rings (SSSR count). The molecule has 7 nitrogen and oxygen atoms in total. The van der Waals surface area contributed by atoms with E-state index in [9.17, 15) is 14.7 Å². The third kappa shape index (κ3) is 7.30. The molecule has 1 atom stereocenters. The van der Waals surface area contributed by atoms with E-state index in [2.05, 4.69) is 15.5 Å². The summed E-state index contributed by atoms with van der Waals surface area (Å²) in [6, 6.07) is 8.59. The number of unbranched alkanes of at least 4 members (excludes halogenated alkanes) is 1. The van der Waals surface area contributed by atoms with Gasteiger partial charge < -0.3 is 39.3 Å². The quantitative estimate of drug-likeness (QED) is 0.370. The molecule has 0 bridgehead atoms. The molecule has 1 aliphatic rings. The zero-order valence-electron chi connectivity index (χ0n) is 17.4. The number of anilines is 1. The van der Waals surface area contributed by atoms with E-state index in [1.807, 2.05) is 4.90 Å². The Morgan fingerprint density at radius 3 is 2.70 bits per heavy atom. The number of phenolic OH excluding ortho intramolecular Hbond substituents is 1. The maximum absolute atomic E-state index is 12.2. The first-order valence-corrected chi connectivity index (χ1v) is 10.4. The maximum atomic E-state index is 12.2. The molecule has 3 N–H and O–H groups in total. The summed E-state index contributed by atoms with van der Waals surface area (Å²) in [7, 11) is 0. The van der Waals surface area contributed by atoms with Crippen LogP contribution in [0, 0.1) is 5.92 Å². The molecule has 2 aromatic rings. The molecule has 1 fully saturated rings. The monoisotopic (exact) mass is 525 g/mol. The molecule has 0 spiro atoms. The molecular weight excluding hydrogens is 495 g/mol. The van der Waals surface area contributed by atoms with Gasteiger partial charge in [-0.2, -0.15) is 5.10 Å². The number of H-pyrrole nitrogens is 1. The highest BCUT2D eigenvalue weighted by atomic mass is 127. The number of aromatic amines is 1. The Bertz CT molecular complexity index is 822. The van der Waals surface area contributed by atoms with Crippen molar-refractivity contribution < 1.29 is 38.7 Å². The number of aromatic hydroxyl groups is 1. The van der Waals surface area contributed by atoms with Crippen molar-refractivity contribution in [1.82, 2.24) is 15.1 Å². The number of phenols is 1. The molecular formula is C22H30IN4O3-. The first kappa shape index (κ1) is 24.2. The molecule has 1 aliphatic heterocycles. The highest BCUT2D eigenvalue weighted by Crippen LogP contribution is 2.24. The molecule has 164 valence electrons. The summed E-state index contributed by atoms with van der Waals surface area (Å²) in [5.41, 5.74) is 1.68. The molecule has 0 saturated carbocycles. The Morgan fingerprint density at radius 1 is 1.20 bits per heavy atom. The highest BCUT2D eigenvalue weighted by molar-refractivity contribution is 5.90. The Kier molecular flexibility index (Phi) is 9.61. The predicted molar refractivity (Wildman–Crippen MR) is 112 cm³/mol. The molecule has 8 heteroatoms. The number of amides is 2. The van der Waals surface area contributed by atoms with Gasteiger partial charge in [-0.1, -0.05) is 12.8 Å². The molecule has 30 heavy (non-hydrogen) atoms. The van der Waals surface area contributed by atoms with Gasteiger partial charge in [0.25, 0.3) is 0 Å². The van der Waals surface area contributed by atoms with Crippen LogP contribution in [-0.4, -0.2) is 45.1 Å². The molecule has 1 aromatic carbocycles. The lowest BCUT2D eigenvalue weighted by Gasteiger charge is -2.18. The Hall–Kier alpha value is -2.10. The van der Waals surface area contributed by atoms with E-state index >= 15 is 0 Å². The Labute approximate surface area is 194 Å². The number of carbonyl (C=O) groups is 2. The number of carbonyl (C=O) groups excluding carboxylic acids is 2. The fourth-order valence-corrected chi connectivity index (χ4v) is 3.87. The van der Waals surface area contributed by atoms with E-state index in [1.54, 1.807) is 37.3 Å². The average Bonchev–Trinajstić information content (AvgIpc) is 3.02. The van der Waals surface area contributed by atoms with E-state index in [0.29, 0.717) is 18.2 Å². The van der Waals surface area contributed by atoms with Crippen LogP contribution < -0.4 is 29.3 Å². The van der Waals surface area contributed by atoms with Crippen molar-refractivity contribution in [3.63, 3.8) is 0 Å². The van der Waals surface area contributed by atoms with Crippen LogP contribution in [0.4, 0.5) is 5.82 Å². The summed E-state index contributed by atoms with van der Waals surface area (Å²) in [6.07, 6.45) is 6.79. The first-order valence-electron chi connectivity index (χ1n) is 10.4. The lowest BCUT2D eigenvalue weighted by molar-refractivity contribution is -0.128. The minimum absolute atomic E-state index is 0. The largest absolute Gasteiger partial charge is 1.00 e. The minimum atomic E-state index is -0.0302. The standard InChI is InChI=1S/C22H30N4O3.HI/c1-16(27)26-13-4-6-17(12-14-26)5-2-3-7-22(29)23-21-15-20(24-25-21)18-8-10-19(28)11-9-18;/h8-11,15,17,28H,2-7,12-14H2,1H3,(H2,23,24,25,29);1H/p-1. The van der Waals surface area contributed by atoms with Crippen LogP contribution in [0.15, 0.2) is 30.3 Å². The van der Waals surface area contributed by atoms with Gasteiger partial charge in [0.05, 0.1) is 5.69 Å². The van der Waals surface area contributed by atoms with Gasteiger partial charge in [0.2, 0.25) is 11.8 Å². The van der Waals surface area contributed by atoms with Crippen molar-refractivity contribution in [3.8, 4) is 17.0 Å². The van der Waals surface area contributed by atoms with E-state index in [0.717, 1.165) is 56.5 Å². The number of benzene rings is 1. The minimum Gasteiger partial charge on any atom is -1.00 e. The third-order valence-corrected chi connectivity index (χ3v) is 5.58. The maximum Gasteiger partial charge on any atom is 0.225 e. The van der Waals surface area contributed by atoms with Crippen molar-refractivity contribution in [1.29, 1.82) is 0 Å². The zero-order valence-corrected chi connectivity index (χ0v) is 19.5. The van der Waals surface area contributed by atoms with Gasteiger partial charge in [-0.05, 0) is 61.4 Å². The van der Waals surface area contributed by atoms with E-state index in [4.69, 9.17) is 0 Å². The number of hydrogen-bond acceptors (Lipinski definition) is 4. The fourth-order valence-electron chi connectivity index (χ4n) is 3.87. The summed E-state index contributed by atoms with van der Waals surface area (Å²) in [5.74, 6) is 1.52. The molecule has 2 amide bonds. The summed E-state index contributed by atoms with van der Waals surface area (Å²) >= 11 is 0. The first-order chi connectivity index (χ1) is 14.0. The van der Waals surface area contributed by atoms with E-state index in [1.165, 1.54) is 6.42 Å². The molecule has 1 aromatic heterocycles. The lowest BCUT2D eigenvalue weighted by atomic mass is 9.94. The number of hydrogen-bond donors (Lipinski definition) is 3. The second-order valence-corrected chi connectivity index (χ2v) is 7.81. The summed E-state index contributed by atoms with van der Waals surface area (Å²) in [6.45, 7) is 3.39. The summed E-state index contributed by atoms with van der Waals surface area (Å²) in [4.78, 5) is 25.6. The molecule has 2 heterocycles. The van der Waals surface area contributed by atoms with Crippen LogP contribution in [0.1, 0.15) is 51.9 Å². The van der Waals surface area contributed by atoms with Crippen molar-refractivity contribution in [3.05, 3.63) is 30.3 Å². The van der Waals surface area contributed by atoms with Gasteiger partial charge in [-0.15, -0.1) is 0 Å². The molecule has 1 saturated heterocycles. The summed E-state index contributed by atoms with van der Waals surface area (Å²) in [5, 5.41) is 19.2. The highest BCUT2D eigenvalue weighted by Gasteiger charge is 2.18. The van der Waals surface area contributed by atoms with Crippen LogP contribution in [0.3, 0.4) is 0 Å². The molecule has 1 unspecified atom stereocenters. The zero-order chi connectivity index (χ0) is 20.6. The number of nitrogens with zero attached hydrogens (tertiary/aromatic N) is 2. The third-order valence-electron chi connectivity index (χ3n) is 5.58. The number of rotatable bonds is 7. The van der Waals surface area contributed by atoms with Gasteiger partial charge in [-0.25, -0.2) is 0 Å². The average molecular weight is 525 g/mol. The van der Waals surface area contributed by atoms with E-state index in [-0.39, 0.29) is 41.5 Å². The van der Waals surface area contributed by atoms with Crippen molar-refractivity contribution in [2.75, 3.05) is 18.4 Å². The Balaban J connectivity index is 0.00000320. The normalized spacial score (nSPS) is 16.4. The SMILES string of the molecule is CC(=O)N1CCCC(CCCCC(=O)Nc2cc(-c3ccc(O)cc3)[nH]n2)CC1.[I-]. The van der Waals surface area contributed by atoms with Gasteiger partial charge in [0.1, 0.15) is 5.75 Å². The number of aromatic nitrogens is 2. The van der Waals surface area contributed by atoms with Crippen molar-refractivity contribution in [2.45, 2.75) is 51.9 Å². The second kappa shape index (κ2) is 11.9. The molecule has 0 aliphatic carbocycles. The van der Waals surface area contributed by atoms with Crippen LogP contribution >= 0.6 is 0 Å². The van der Waals surface area contributed by atoms with Gasteiger partial charge in [0.15, 0.2) is 5.82 Å². The van der Waals surface area contributed by atoms with Crippen LogP contribution in [0.5, 0.6) is 5.75 Å². The Morgan fingerprint density at radius 2 is 1.97 bits per heavy atom. The van der Waals surface area contributed by atoms with Crippen molar-refractivity contribution in [2.24, 2.45) is 5.92 Å². The number of nitrogens with one attached hydrogen (secondary N) is 2. The van der Waals surface area contributed by atoms with Gasteiger partial charge in [0, 0.05) is 32.5 Å². The van der Waals surface area contributed by atoms with Crippen LogP contribution in [0.25, 0.3) is 11.3 Å². The van der Waals surface area contributed by atoms with Crippen LogP contribution in [-0.2, 0) is 9.59 Å². The van der Waals surface area contributed by atoms with Gasteiger partial charge >= 0.3 is 0 Å². The smallest absolute Gasteiger partial charge is 0.225 e.